The summed E-state index contributed by atoms with van der Waals surface area (Å²) in [4.78, 5) is 13.0. The predicted octanol–water partition coefficient (Wildman–Crippen LogP) is 3.82. The number of hydrogen-bond acceptors (Lipinski definition) is 3. The maximum Gasteiger partial charge on any atom is 0.226 e. The molecule has 2 aromatic rings. The summed E-state index contributed by atoms with van der Waals surface area (Å²) in [7, 11) is -0.357. The molecule has 4 N–H and O–H groups in total. The molecule has 23 heavy (non-hydrogen) atoms. The van der Waals surface area contributed by atoms with Crippen LogP contribution in [0, 0.1) is 0 Å². The average Bonchev–Trinajstić information content (AvgIpc) is 2.70. The molecule has 1 unspecified atom stereocenters. The molecule has 2 atom stereocenters. The lowest BCUT2D eigenvalue weighted by Crippen LogP contribution is -2.19. The number of para-hydroxylation sites is 1. The van der Waals surface area contributed by atoms with Crippen LogP contribution < -0.4 is 15.8 Å². The molecule has 0 aliphatic carbocycles. The van der Waals surface area contributed by atoms with Crippen molar-refractivity contribution in [1.82, 2.24) is 0 Å². The maximum absolute atomic E-state index is 11.9. The molecule has 0 saturated heterocycles. The van der Waals surface area contributed by atoms with Gasteiger partial charge in [-0.05, 0) is 43.0 Å². The second-order valence-electron chi connectivity index (χ2n) is 5.66. The monoisotopic (exact) mass is 327 g/mol. The maximum atomic E-state index is 11.9. The van der Waals surface area contributed by atoms with E-state index in [1.165, 1.54) is 0 Å². The first-order valence-corrected chi connectivity index (χ1v) is 9.00. The fourth-order valence-corrected chi connectivity index (χ4v) is 3.55. The minimum Gasteiger partial charge on any atom is -0.380 e. The Labute approximate surface area is 139 Å². The van der Waals surface area contributed by atoms with Gasteiger partial charge in [0.1, 0.15) is 0 Å². The second kappa shape index (κ2) is 6.56. The molecule has 0 fully saturated rings. The Morgan fingerprint density at radius 2 is 2.04 bits per heavy atom. The van der Waals surface area contributed by atoms with E-state index >= 15 is 0 Å². The highest BCUT2D eigenvalue weighted by molar-refractivity contribution is 8.13. The van der Waals surface area contributed by atoms with Crippen LogP contribution in [0.15, 0.2) is 47.4 Å². The fourth-order valence-electron chi connectivity index (χ4n) is 2.78. The lowest BCUT2D eigenvalue weighted by molar-refractivity contribution is -0.116. The molecule has 5 heteroatoms. The van der Waals surface area contributed by atoms with E-state index in [1.54, 1.807) is 0 Å². The third kappa shape index (κ3) is 3.30. The van der Waals surface area contributed by atoms with Crippen molar-refractivity contribution in [2.75, 3.05) is 10.6 Å². The summed E-state index contributed by atoms with van der Waals surface area (Å²) in [6, 6.07) is 14.3. The van der Waals surface area contributed by atoms with Gasteiger partial charge in [-0.2, -0.15) is 0 Å². The van der Waals surface area contributed by atoms with Crippen LogP contribution in [0.25, 0.3) is 11.1 Å². The largest absolute Gasteiger partial charge is 0.380 e. The van der Waals surface area contributed by atoms with Gasteiger partial charge in [-0.15, -0.1) is 0 Å². The van der Waals surface area contributed by atoms with Gasteiger partial charge in [0.25, 0.3) is 0 Å². The SMILES string of the molecule is C/C=S(/N)c1cccc(-c2cccc3c2N[C@H](C)CC(=O)N3)c1. The van der Waals surface area contributed by atoms with Crippen LogP contribution in [0.2, 0.25) is 0 Å². The van der Waals surface area contributed by atoms with Crippen molar-refractivity contribution >= 4 is 33.3 Å². The molecule has 0 aromatic heterocycles. The summed E-state index contributed by atoms with van der Waals surface area (Å²) < 4.78 is 0. The minimum absolute atomic E-state index is 0.0405. The molecule has 0 saturated carbocycles. The fraction of sp³-hybridized carbons (Fsp3) is 0.222. The Balaban J connectivity index is 2.11. The van der Waals surface area contributed by atoms with Gasteiger partial charge < -0.3 is 10.6 Å². The molecule has 120 valence electrons. The summed E-state index contributed by atoms with van der Waals surface area (Å²) >= 11 is 0. The van der Waals surface area contributed by atoms with E-state index in [-0.39, 0.29) is 22.6 Å². The van der Waals surface area contributed by atoms with E-state index in [1.807, 2.05) is 43.5 Å². The molecular weight excluding hydrogens is 306 g/mol. The van der Waals surface area contributed by atoms with Crippen LogP contribution in [-0.2, 0) is 4.79 Å². The standard InChI is InChI=1S/C18H21N3OS/c1-3-23(19)14-7-4-6-13(11-14)15-8-5-9-16-18(15)20-12(2)10-17(22)21-16/h3-9,11-12,20H,10,19H2,1-2H3,(H,21,22)/t12-,23?/m1/s1. The van der Waals surface area contributed by atoms with Crippen LogP contribution >= 0.6 is 10.7 Å². The van der Waals surface area contributed by atoms with Gasteiger partial charge in [-0.3, -0.25) is 9.93 Å². The van der Waals surface area contributed by atoms with Crippen LogP contribution in [-0.4, -0.2) is 17.3 Å². The van der Waals surface area contributed by atoms with Crippen molar-refractivity contribution in [3.05, 3.63) is 42.5 Å². The van der Waals surface area contributed by atoms with Crippen LogP contribution in [0.5, 0.6) is 0 Å². The van der Waals surface area contributed by atoms with Gasteiger partial charge in [0, 0.05) is 22.9 Å². The highest BCUT2D eigenvalue weighted by atomic mass is 32.2. The predicted molar refractivity (Wildman–Crippen MR) is 100.0 cm³/mol. The molecule has 0 radical (unpaired) electrons. The summed E-state index contributed by atoms with van der Waals surface area (Å²) in [6.45, 7) is 3.99. The lowest BCUT2D eigenvalue weighted by Gasteiger charge is -2.17. The first kappa shape index (κ1) is 15.8. The number of amides is 1. The number of benzene rings is 2. The van der Waals surface area contributed by atoms with Gasteiger partial charge in [0.05, 0.1) is 11.4 Å². The number of nitrogens with two attached hydrogens (primary N) is 1. The number of carbonyl (C=O) groups excluding carboxylic acids is 1. The van der Waals surface area contributed by atoms with Crippen molar-refractivity contribution < 1.29 is 4.79 Å². The van der Waals surface area contributed by atoms with Gasteiger partial charge in [0.15, 0.2) is 0 Å². The molecule has 1 aliphatic rings. The van der Waals surface area contributed by atoms with Crippen molar-refractivity contribution in [2.45, 2.75) is 31.2 Å². The molecule has 1 heterocycles. The molecule has 0 spiro atoms. The zero-order valence-corrected chi connectivity index (χ0v) is 14.1. The van der Waals surface area contributed by atoms with Crippen molar-refractivity contribution in [3.63, 3.8) is 0 Å². The van der Waals surface area contributed by atoms with Gasteiger partial charge in [0.2, 0.25) is 5.91 Å². The number of anilines is 2. The summed E-state index contributed by atoms with van der Waals surface area (Å²) in [6.07, 6.45) is 0.464. The molecule has 3 rings (SSSR count). The smallest absolute Gasteiger partial charge is 0.226 e. The Hall–Kier alpha value is -2.11. The summed E-state index contributed by atoms with van der Waals surface area (Å²) in [5, 5.41) is 14.6. The van der Waals surface area contributed by atoms with Crippen molar-refractivity contribution in [3.8, 4) is 11.1 Å². The van der Waals surface area contributed by atoms with E-state index in [0.717, 1.165) is 27.4 Å². The first-order valence-electron chi connectivity index (χ1n) is 7.65. The van der Waals surface area contributed by atoms with Crippen LogP contribution in [0.1, 0.15) is 20.3 Å². The second-order valence-corrected chi connectivity index (χ2v) is 7.35. The minimum atomic E-state index is -0.357. The molecule has 4 nitrogen and oxygen atoms in total. The highest BCUT2D eigenvalue weighted by Gasteiger charge is 2.20. The molecule has 2 aromatic carbocycles. The number of hydrogen-bond donors (Lipinski definition) is 3. The number of rotatable bonds is 2. The Morgan fingerprint density at radius 3 is 2.83 bits per heavy atom. The van der Waals surface area contributed by atoms with E-state index in [2.05, 4.69) is 28.8 Å². The quantitative estimate of drug-likeness (QED) is 0.735. The first-order chi connectivity index (χ1) is 11.1. The van der Waals surface area contributed by atoms with Gasteiger partial charge >= 0.3 is 0 Å². The molecule has 0 bridgehead atoms. The Bertz CT molecular complexity index is 786. The topological polar surface area (TPSA) is 67.1 Å². The number of nitrogens with one attached hydrogen (secondary N) is 2. The van der Waals surface area contributed by atoms with Crippen LogP contribution in [0.4, 0.5) is 11.4 Å². The van der Waals surface area contributed by atoms with E-state index in [4.69, 9.17) is 5.14 Å². The van der Waals surface area contributed by atoms with E-state index in [0.29, 0.717) is 6.42 Å². The van der Waals surface area contributed by atoms with Gasteiger partial charge in [-0.25, -0.2) is 0 Å². The van der Waals surface area contributed by atoms with Gasteiger partial charge in [-0.1, -0.05) is 34.9 Å². The Kier molecular flexibility index (Phi) is 4.50. The summed E-state index contributed by atoms with van der Waals surface area (Å²) in [5.74, 6) is 0.0405. The highest BCUT2D eigenvalue weighted by Crippen LogP contribution is 2.37. The summed E-state index contributed by atoms with van der Waals surface area (Å²) in [5.41, 5.74) is 3.97. The third-order valence-electron chi connectivity index (χ3n) is 3.89. The molecule has 1 amide bonds. The Morgan fingerprint density at radius 1 is 1.26 bits per heavy atom. The molecular formula is C18H21N3OS. The van der Waals surface area contributed by atoms with Crippen molar-refractivity contribution in [2.24, 2.45) is 5.14 Å². The van der Waals surface area contributed by atoms with Crippen LogP contribution in [0.3, 0.4) is 0 Å². The average molecular weight is 327 g/mol. The molecule has 1 aliphatic heterocycles. The van der Waals surface area contributed by atoms with E-state index < -0.39 is 0 Å². The normalized spacial score (nSPS) is 18.6. The van der Waals surface area contributed by atoms with E-state index in [9.17, 15) is 4.79 Å². The number of carbonyl (C=O) groups is 1. The zero-order chi connectivity index (χ0) is 16.4. The third-order valence-corrected chi connectivity index (χ3v) is 5.20. The van der Waals surface area contributed by atoms with Crippen molar-refractivity contribution in [1.29, 1.82) is 0 Å². The lowest BCUT2D eigenvalue weighted by atomic mass is 10.0. The zero-order valence-electron chi connectivity index (χ0n) is 13.3. The number of fused-ring (bicyclic) bond motifs is 1.